The van der Waals surface area contributed by atoms with E-state index in [0.29, 0.717) is 0 Å². The van der Waals surface area contributed by atoms with Crippen molar-refractivity contribution in [1.82, 2.24) is 0 Å². The number of nitrogens with one attached hydrogen (secondary N) is 1. The predicted octanol–water partition coefficient (Wildman–Crippen LogP) is 0.810. The Hall–Kier alpha value is -1.95. The van der Waals surface area contributed by atoms with Crippen LogP contribution in [0.1, 0.15) is 17.3 Å². The number of halogens is 1. The van der Waals surface area contributed by atoms with Crippen LogP contribution in [-0.2, 0) is 4.79 Å². The van der Waals surface area contributed by atoms with Crippen molar-refractivity contribution in [2.75, 3.05) is 5.32 Å². The molecule has 0 aromatic heterocycles. The fourth-order valence-electron chi connectivity index (χ4n) is 1.02. The van der Waals surface area contributed by atoms with Gasteiger partial charge in [-0.2, -0.15) is 0 Å². The maximum absolute atomic E-state index is 13.2. The van der Waals surface area contributed by atoms with E-state index in [-0.39, 0.29) is 5.69 Å². The predicted molar refractivity (Wildman–Crippen MR) is 55.6 cm³/mol. The molecule has 0 aliphatic heterocycles. The van der Waals surface area contributed by atoms with Crippen LogP contribution in [0.2, 0.25) is 0 Å². The smallest absolute Gasteiger partial charge is 0.338 e. The molecule has 1 amide bonds. The van der Waals surface area contributed by atoms with Crippen molar-refractivity contribution in [2.45, 2.75) is 13.0 Å². The van der Waals surface area contributed by atoms with E-state index in [2.05, 4.69) is 5.32 Å². The van der Waals surface area contributed by atoms with Crippen LogP contribution in [0.3, 0.4) is 0 Å². The van der Waals surface area contributed by atoms with Gasteiger partial charge in [-0.25, -0.2) is 9.18 Å². The summed E-state index contributed by atoms with van der Waals surface area (Å²) < 4.78 is 13.2. The van der Waals surface area contributed by atoms with Gasteiger partial charge in [0.15, 0.2) is 0 Å². The highest BCUT2D eigenvalue weighted by molar-refractivity contribution is 5.95. The lowest BCUT2D eigenvalue weighted by molar-refractivity contribution is -0.117. The van der Waals surface area contributed by atoms with Gasteiger partial charge in [-0.05, 0) is 25.1 Å². The van der Waals surface area contributed by atoms with E-state index < -0.39 is 29.3 Å². The largest absolute Gasteiger partial charge is 0.478 e. The molecule has 0 unspecified atom stereocenters. The van der Waals surface area contributed by atoms with Gasteiger partial charge in [0, 0.05) is 5.69 Å². The second kappa shape index (κ2) is 4.71. The van der Waals surface area contributed by atoms with Crippen LogP contribution in [0.5, 0.6) is 0 Å². The minimum absolute atomic E-state index is 0.171. The number of carbonyl (C=O) groups excluding carboxylic acids is 1. The van der Waals surface area contributed by atoms with Crippen molar-refractivity contribution in [3.8, 4) is 0 Å². The molecule has 0 spiro atoms. The maximum Gasteiger partial charge on any atom is 0.338 e. The maximum atomic E-state index is 13.2. The van der Waals surface area contributed by atoms with Gasteiger partial charge in [0.05, 0.1) is 11.6 Å². The standard InChI is InChI=1S/C10H11FN2O3/c1-5(12)9(14)13-6-2-3-7(10(15)16)8(11)4-6/h2-5H,12H2,1H3,(H,13,14)(H,15,16)/t5-/m0/s1. The van der Waals surface area contributed by atoms with E-state index in [1.165, 1.54) is 13.0 Å². The molecule has 86 valence electrons. The molecule has 0 saturated heterocycles. The van der Waals surface area contributed by atoms with Crippen LogP contribution in [0.15, 0.2) is 18.2 Å². The zero-order chi connectivity index (χ0) is 12.3. The number of anilines is 1. The number of nitrogens with two attached hydrogens (primary N) is 1. The molecular weight excluding hydrogens is 215 g/mol. The number of carbonyl (C=O) groups is 2. The number of benzene rings is 1. The first-order valence-electron chi connectivity index (χ1n) is 4.51. The van der Waals surface area contributed by atoms with Gasteiger partial charge in [0.1, 0.15) is 5.82 Å². The fourth-order valence-corrected chi connectivity index (χ4v) is 1.02. The molecule has 0 radical (unpaired) electrons. The Labute approximate surface area is 91.1 Å². The Morgan fingerprint density at radius 2 is 2.12 bits per heavy atom. The zero-order valence-corrected chi connectivity index (χ0v) is 8.53. The third-order valence-corrected chi connectivity index (χ3v) is 1.88. The van der Waals surface area contributed by atoms with Crippen LogP contribution in [0, 0.1) is 5.82 Å². The first-order valence-corrected chi connectivity index (χ1v) is 4.51. The first kappa shape index (κ1) is 12.1. The topological polar surface area (TPSA) is 92.4 Å². The summed E-state index contributed by atoms with van der Waals surface area (Å²) in [4.78, 5) is 21.7. The summed E-state index contributed by atoms with van der Waals surface area (Å²) in [6, 6.07) is 2.59. The zero-order valence-electron chi connectivity index (χ0n) is 8.53. The van der Waals surface area contributed by atoms with Crippen molar-refractivity contribution in [2.24, 2.45) is 5.73 Å². The summed E-state index contributed by atoms with van der Waals surface area (Å²) in [7, 11) is 0. The number of carboxylic acid groups (broad SMARTS) is 1. The average Bonchev–Trinajstić information content (AvgIpc) is 2.16. The molecule has 1 aromatic rings. The number of aromatic carboxylic acids is 1. The molecule has 16 heavy (non-hydrogen) atoms. The van der Waals surface area contributed by atoms with E-state index in [1.54, 1.807) is 0 Å². The lowest BCUT2D eigenvalue weighted by atomic mass is 10.2. The van der Waals surface area contributed by atoms with Gasteiger partial charge in [0.25, 0.3) is 0 Å². The van der Waals surface area contributed by atoms with Crippen molar-refractivity contribution in [3.63, 3.8) is 0 Å². The van der Waals surface area contributed by atoms with Crippen LogP contribution in [-0.4, -0.2) is 23.0 Å². The molecule has 1 aromatic carbocycles. The molecule has 0 aliphatic rings. The summed E-state index contributed by atoms with van der Waals surface area (Å²) in [5.74, 6) is -2.74. The Kier molecular flexibility index (Phi) is 3.57. The van der Waals surface area contributed by atoms with Crippen molar-refractivity contribution in [3.05, 3.63) is 29.6 Å². The molecule has 0 heterocycles. The lowest BCUT2D eigenvalue weighted by Gasteiger charge is -2.08. The van der Waals surface area contributed by atoms with E-state index in [1.807, 2.05) is 0 Å². The van der Waals surface area contributed by atoms with Gasteiger partial charge in [-0.3, -0.25) is 4.79 Å². The Morgan fingerprint density at radius 1 is 1.50 bits per heavy atom. The summed E-state index contributed by atoms with van der Waals surface area (Å²) in [5, 5.41) is 10.9. The molecule has 1 atom stereocenters. The molecule has 0 saturated carbocycles. The second-order valence-corrected chi connectivity index (χ2v) is 3.28. The first-order chi connectivity index (χ1) is 7.41. The fraction of sp³-hybridized carbons (Fsp3) is 0.200. The molecule has 0 fully saturated rings. The third kappa shape index (κ3) is 2.77. The van der Waals surface area contributed by atoms with Gasteiger partial charge in [-0.15, -0.1) is 0 Å². The molecule has 4 N–H and O–H groups in total. The SMILES string of the molecule is C[C@H](N)C(=O)Nc1ccc(C(=O)O)c(F)c1. The number of hydrogen-bond donors (Lipinski definition) is 3. The Balaban J connectivity index is 2.90. The normalized spacial score (nSPS) is 11.9. The van der Waals surface area contributed by atoms with Crippen molar-refractivity contribution in [1.29, 1.82) is 0 Å². The monoisotopic (exact) mass is 226 g/mol. The quantitative estimate of drug-likeness (QED) is 0.711. The number of carboxylic acids is 1. The van der Waals surface area contributed by atoms with Crippen LogP contribution >= 0.6 is 0 Å². The number of hydrogen-bond acceptors (Lipinski definition) is 3. The highest BCUT2D eigenvalue weighted by Crippen LogP contribution is 2.14. The summed E-state index contributed by atoms with van der Waals surface area (Å²) >= 11 is 0. The van der Waals surface area contributed by atoms with E-state index >= 15 is 0 Å². The van der Waals surface area contributed by atoms with E-state index in [0.717, 1.165) is 12.1 Å². The highest BCUT2D eigenvalue weighted by atomic mass is 19.1. The molecule has 1 rings (SSSR count). The summed E-state index contributed by atoms with van der Waals surface area (Å²) in [5.41, 5.74) is 5.03. The summed E-state index contributed by atoms with van der Waals surface area (Å²) in [6.45, 7) is 1.48. The Morgan fingerprint density at radius 3 is 2.56 bits per heavy atom. The van der Waals surface area contributed by atoms with Crippen LogP contribution < -0.4 is 11.1 Å². The van der Waals surface area contributed by atoms with Gasteiger partial charge >= 0.3 is 5.97 Å². The van der Waals surface area contributed by atoms with Crippen molar-refractivity contribution >= 4 is 17.6 Å². The molecular formula is C10H11FN2O3. The highest BCUT2D eigenvalue weighted by Gasteiger charge is 2.12. The molecule has 0 aliphatic carbocycles. The average molecular weight is 226 g/mol. The Bertz CT molecular complexity index is 432. The molecule has 6 heteroatoms. The van der Waals surface area contributed by atoms with E-state index in [9.17, 15) is 14.0 Å². The van der Waals surface area contributed by atoms with E-state index in [4.69, 9.17) is 10.8 Å². The minimum atomic E-state index is -1.36. The molecule has 5 nitrogen and oxygen atoms in total. The van der Waals surface area contributed by atoms with Crippen molar-refractivity contribution < 1.29 is 19.1 Å². The lowest BCUT2D eigenvalue weighted by Crippen LogP contribution is -2.32. The van der Waals surface area contributed by atoms with Gasteiger partial charge in [0.2, 0.25) is 5.91 Å². The third-order valence-electron chi connectivity index (χ3n) is 1.88. The van der Waals surface area contributed by atoms with Crippen LogP contribution in [0.25, 0.3) is 0 Å². The second-order valence-electron chi connectivity index (χ2n) is 3.28. The number of amides is 1. The number of rotatable bonds is 3. The molecule has 0 bridgehead atoms. The van der Waals surface area contributed by atoms with Gasteiger partial charge in [-0.1, -0.05) is 0 Å². The summed E-state index contributed by atoms with van der Waals surface area (Å²) in [6.07, 6.45) is 0. The van der Waals surface area contributed by atoms with Gasteiger partial charge < -0.3 is 16.2 Å². The minimum Gasteiger partial charge on any atom is -0.478 e. The van der Waals surface area contributed by atoms with Crippen LogP contribution in [0.4, 0.5) is 10.1 Å².